The molecule has 1 amide bonds. The Labute approximate surface area is 163 Å². The van der Waals surface area contributed by atoms with Crippen molar-refractivity contribution in [3.8, 4) is 0 Å². The van der Waals surface area contributed by atoms with Crippen molar-refractivity contribution in [2.75, 3.05) is 38.5 Å². The largest absolute Gasteiger partial charge is 0.357 e. The van der Waals surface area contributed by atoms with E-state index in [9.17, 15) is 4.79 Å². The van der Waals surface area contributed by atoms with Gasteiger partial charge in [-0.1, -0.05) is 36.7 Å². The molecule has 3 rings (SSSR count). The van der Waals surface area contributed by atoms with Crippen molar-refractivity contribution in [1.29, 1.82) is 0 Å². The number of carbonyl (C=O) groups is 1. The maximum absolute atomic E-state index is 13.3. The van der Waals surface area contributed by atoms with Gasteiger partial charge < -0.3 is 15.1 Å². The summed E-state index contributed by atoms with van der Waals surface area (Å²) in [5.74, 6) is 0.825. The highest BCUT2D eigenvalue weighted by Gasteiger charge is 2.35. The summed E-state index contributed by atoms with van der Waals surface area (Å²) in [6, 6.07) is 5.52. The van der Waals surface area contributed by atoms with E-state index in [1.165, 1.54) is 0 Å². The Morgan fingerprint density at radius 3 is 2.54 bits per heavy atom. The molecule has 1 N–H and O–H groups in total. The Hall–Kier alpha value is -1.73. The zero-order chi connectivity index (χ0) is 18.9. The fraction of sp³-hybridized carbons (Fsp3) is 0.526. The number of likely N-dealkylation sites (N-methyl/N-ethyl adjacent to an activating group) is 1. The predicted octanol–water partition coefficient (Wildman–Crippen LogP) is 2.99. The van der Waals surface area contributed by atoms with Gasteiger partial charge in [-0.15, -0.1) is 0 Å². The maximum atomic E-state index is 13.3. The highest BCUT2D eigenvalue weighted by Crippen LogP contribution is 2.29. The molecule has 1 saturated heterocycles. The molecule has 140 valence electrons. The first-order chi connectivity index (χ1) is 12.3. The first-order valence-electron chi connectivity index (χ1n) is 8.90. The Morgan fingerprint density at radius 1 is 1.19 bits per heavy atom. The average Bonchev–Trinajstić information content (AvgIpc) is 2.59. The van der Waals surface area contributed by atoms with E-state index in [-0.39, 0.29) is 17.4 Å². The van der Waals surface area contributed by atoms with E-state index in [0.29, 0.717) is 5.82 Å². The molecule has 6 nitrogen and oxygen atoms in total. The number of benzene rings is 1. The smallest absolute Gasteiger partial charge is 0.245 e. The van der Waals surface area contributed by atoms with Gasteiger partial charge in [0.1, 0.15) is 18.2 Å². The third-order valence-electron chi connectivity index (χ3n) is 4.81. The van der Waals surface area contributed by atoms with Crippen LogP contribution < -0.4 is 5.32 Å². The van der Waals surface area contributed by atoms with Crippen molar-refractivity contribution in [1.82, 2.24) is 19.8 Å². The molecule has 0 saturated carbocycles. The van der Waals surface area contributed by atoms with Crippen LogP contribution in [0.4, 0.5) is 5.82 Å². The van der Waals surface area contributed by atoms with Gasteiger partial charge in [-0.2, -0.15) is 0 Å². The first kappa shape index (κ1) is 19.0. The number of amides is 1. The van der Waals surface area contributed by atoms with Crippen LogP contribution in [0.25, 0.3) is 10.9 Å². The number of fused-ring (bicyclic) bond motifs is 1. The van der Waals surface area contributed by atoms with Gasteiger partial charge in [0.15, 0.2) is 0 Å². The fourth-order valence-electron chi connectivity index (χ4n) is 3.14. The molecule has 1 unspecified atom stereocenters. The normalized spacial score (nSPS) is 17.3. The van der Waals surface area contributed by atoms with Crippen molar-refractivity contribution >= 4 is 38.6 Å². The number of nitrogens with one attached hydrogen (secondary N) is 1. The van der Waals surface area contributed by atoms with Crippen LogP contribution in [0.2, 0.25) is 0 Å². The van der Waals surface area contributed by atoms with Crippen molar-refractivity contribution in [2.24, 2.45) is 5.41 Å². The highest BCUT2D eigenvalue weighted by molar-refractivity contribution is 9.10. The first-order valence-corrected chi connectivity index (χ1v) is 9.69. The van der Waals surface area contributed by atoms with Gasteiger partial charge in [0.2, 0.25) is 5.91 Å². The van der Waals surface area contributed by atoms with E-state index in [1.807, 2.05) is 23.1 Å². The van der Waals surface area contributed by atoms with E-state index in [0.717, 1.165) is 41.6 Å². The molecule has 7 heteroatoms. The topological polar surface area (TPSA) is 61.4 Å². The lowest BCUT2D eigenvalue weighted by atomic mass is 9.85. The molecule has 26 heavy (non-hydrogen) atoms. The van der Waals surface area contributed by atoms with Crippen LogP contribution in [-0.4, -0.2) is 64.9 Å². The lowest BCUT2D eigenvalue weighted by Gasteiger charge is -2.38. The summed E-state index contributed by atoms with van der Waals surface area (Å²) in [5, 5.41) is 4.33. The minimum atomic E-state index is -0.358. The van der Waals surface area contributed by atoms with Gasteiger partial charge in [0, 0.05) is 36.0 Å². The van der Waals surface area contributed by atoms with Crippen LogP contribution in [0.1, 0.15) is 20.8 Å². The number of rotatable bonds is 3. The second kappa shape index (κ2) is 7.48. The standard InChI is InChI=1S/C19H26BrN5O/c1-19(2,3)16(18(26)25-9-7-24(4)8-10-25)23-17-14-11-13(20)5-6-15(14)21-12-22-17/h5-6,11-12,16H,7-10H2,1-4H3,(H,21,22,23). The number of halogens is 1. The lowest BCUT2D eigenvalue weighted by Crippen LogP contribution is -2.55. The van der Waals surface area contributed by atoms with E-state index in [2.05, 4.69) is 63.9 Å². The van der Waals surface area contributed by atoms with Crippen LogP contribution in [-0.2, 0) is 4.79 Å². The van der Waals surface area contributed by atoms with Gasteiger partial charge in [0.05, 0.1) is 5.52 Å². The predicted molar refractivity (Wildman–Crippen MR) is 108 cm³/mol. The molecular weight excluding hydrogens is 394 g/mol. The second-order valence-electron chi connectivity index (χ2n) is 7.96. The Morgan fingerprint density at radius 2 is 1.88 bits per heavy atom. The molecule has 1 fully saturated rings. The SMILES string of the molecule is CN1CCN(C(=O)C(Nc2ncnc3ccc(Br)cc23)C(C)(C)C)CC1. The third kappa shape index (κ3) is 4.15. The summed E-state index contributed by atoms with van der Waals surface area (Å²) >= 11 is 3.51. The van der Waals surface area contributed by atoms with Crippen LogP contribution >= 0.6 is 15.9 Å². The maximum Gasteiger partial charge on any atom is 0.245 e. The van der Waals surface area contributed by atoms with Crippen molar-refractivity contribution < 1.29 is 4.79 Å². The number of anilines is 1. The molecule has 0 radical (unpaired) electrons. The summed E-state index contributed by atoms with van der Waals surface area (Å²) < 4.78 is 0.959. The van der Waals surface area contributed by atoms with Gasteiger partial charge in [-0.25, -0.2) is 9.97 Å². The summed E-state index contributed by atoms with van der Waals surface area (Å²) in [7, 11) is 2.09. The Balaban J connectivity index is 1.90. The fourth-order valence-corrected chi connectivity index (χ4v) is 3.50. The number of hydrogen-bond acceptors (Lipinski definition) is 5. The molecule has 0 bridgehead atoms. The van der Waals surface area contributed by atoms with Crippen LogP contribution in [0.3, 0.4) is 0 Å². The highest BCUT2D eigenvalue weighted by atomic mass is 79.9. The van der Waals surface area contributed by atoms with Gasteiger partial charge in [-0.05, 0) is 30.7 Å². The van der Waals surface area contributed by atoms with Gasteiger partial charge in [-0.3, -0.25) is 4.79 Å². The lowest BCUT2D eigenvalue weighted by molar-refractivity contribution is -0.135. The Kier molecular flexibility index (Phi) is 5.48. The van der Waals surface area contributed by atoms with E-state index in [4.69, 9.17) is 0 Å². The monoisotopic (exact) mass is 419 g/mol. The summed E-state index contributed by atoms with van der Waals surface area (Å²) in [5.41, 5.74) is 0.606. The summed E-state index contributed by atoms with van der Waals surface area (Å²) in [6.07, 6.45) is 1.54. The summed E-state index contributed by atoms with van der Waals surface area (Å²) in [6.45, 7) is 9.59. The molecule has 1 aromatic carbocycles. The average molecular weight is 420 g/mol. The number of hydrogen-bond donors (Lipinski definition) is 1. The summed E-state index contributed by atoms with van der Waals surface area (Å²) in [4.78, 5) is 26.2. The van der Waals surface area contributed by atoms with Crippen LogP contribution in [0, 0.1) is 5.41 Å². The third-order valence-corrected chi connectivity index (χ3v) is 5.30. The minimum absolute atomic E-state index is 0.132. The van der Waals surface area contributed by atoms with Crippen molar-refractivity contribution in [3.05, 3.63) is 29.0 Å². The molecule has 2 heterocycles. The molecule has 1 aliphatic heterocycles. The molecule has 2 aromatic rings. The minimum Gasteiger partial charge on any atom is -0.357 e. The molecule has 1 atom stereocenters. The van der Waals surface area contributed by atoms with E-state index >= 15 is 0 Å². The second-order valence-corrected chi connectivity index (χ2v) is 8.87. The molecule has 1 aliphatic rings. The van der Waals surface area contributed by atoms with Gasteiger partial charge in [0.25, 0.3) is 0 Å². The number of aromatic nitrogens is 2. The van der Waals surface area contributed by atoms with Crippen LogP contribution in [0.5, 0.6) is 0 Å². The van der Waals surface area contributed by atoms with Crippen LogP contribution in [0.15, 0.2) is 29.0 Å². The van der Waals surface area contributed by atoms with E-state index < -0.39 is 0 Å². The van der Waals surface area contributed by atoms with E-state index in [1.54, 1.807) is 6.33 Å². The molecule has 1 aromatic heterocycles. The number of carbonyl (C=O) groups excluding carboxylic acids is 1. The quantitative estimate of drug-likeness (QED) is 0.828. The molecular formula is C19H26BrN5O. The van der Waals surface area contributed by atoms with Gasteiger partial charge >= 0.3 is 0 Å². The zero-order valence-corrected chi connectivity index (χ0v) is 17.4. The molecule has 0 spiro atoms. The Bertz CT molecular complexity index is 796. The van der Waals surface area contributed by atoms with Crippen molar-refractivity contribution in [2.45, 2.75) is 26.8 Å². The van der Waals surface area contributed by atoms with Crippen molar-refractivity contribution in [3.63, 3.8) is 0 Å². The number of nitrogens with zero attached hydrogens (tertiary/aromatic N) is 4. The number of piperazine rings is 1. The molecule has 0 aliphatic carbocycles. The zero-order valence-electron chi connectivity index (χ0n) is 15.8.